The molecular weight excluding hydrogens is 216 g/mol. The summed E-state index contributed by atoms with van der Waals surface area (Å²) in [6, 6.07) is 0. The van der Waals surface area contributed by atoms with Gasteiger partial charge in [-0.1, -0.05) is 31.2 Å². The van der Waals surface area contributed by atoms with Crippen LogP contribution in [0.15, 0.2) is 12.5 Å². The molecule has 2 aromatic rings. The fourth-order valence-electron chi connectivity index (χ4n) is 1.29. The van der Waals surface area contributed by atoms with Gasteiger partial charge in [0.25, 0.3) is 0 Å². The van der Waals surface area contributed by atoms with E-state index in [1.54, 1.807) is 6.33 Å². The van der Waals surface area contributed by atoms with Crippen LogP contribution < -0.4 is 0 Å². The van der Waals surface area contributed by atoms with E-state index in [2.05, 4.69) is 39.1 Å². The van der Waals surface area contributed by atoms with Gasteiger partial charge in [0.05, 0.1) is 17.5 Å². The first kappa shape index (κ1) is 9.61. The van der Waals surface area contributed by atoms with E-state index in [9.17, 15) is 0 Å². The van der Waals surface area contributed by atoms with Gasteiger partial charge in [-0.15, -0.1) is 5.10 Å². The fraction of sp³-hybridized carbons (Fsp3) is 0.375. The molecule has 14 heavy (non-hydrogen) atoms. The minimum absolute atomic E-state index is 0.562. The Bertz CT molecular complexity index is 474. The molecule has 0 aliphatic carbocycles. The summed E-state index contributed by atoms with van der Waals surface area (Å²) in [4.78, 5) is 4.25. The highest BCUT2D eigenvalue weighted by Crippen LogP contribution is 2.20. The predicted molar refractivity (Wildman–Crippen MR) is 59.1 cm³/mol. The van der Waals surface area contributed by atoms with Crippen LogP contribution in [0.3, 0.4) is 0 Å². The molecule has 0 atom stereocenters. The second-order valence-electron chi connectivity index (χ2n) is 4.15. The summed E-state index contributed by atoms with van der Waals surface area (Å²) in [6.07, 6.45) is 3.32. The van der Waals surface area contributed by atoms with E-state index in [4.69, 9.17) is 11.6 Å². The van der Waals surface area contributed by atoms with E-state index in [0.29, 0.717) is 5.02 Å². The number of hydrogen-bond acceptors (Lipinski definition) is 3. The first-order chi connectivity index (χ1) is 6.50. The molecule has 6 heteroatoms. The van der Waals surface area contributed by atoms with E-state index in [1.165, 1.54) is 6.20 Å². The number of nitrogens with zero attached hydrogens (tertiary/aromatic N) is 4. The molecule has 0 aliphatic heterocycles. The minimum Gasteiger partial charge on any atom is -0.342 e. The Balaban J connectivity index is 2.76. The van der Waals surface area contributed by atoms with Gasteiger partial charge in [-0.2, -0.15) is 5.10 Å². The molecule has 0 bridgehead atoms. The number of halogens is 1. The largest absolute Gasteiger partial charge is 0.342 e. The Morgan fingerprint density at radius 3 is 2.71 bits per heavy atom. The zero-order valence-corrected chi connectivity index (χ0v) is 10.1. The highest BCUT2D eigenvalue weighted by atomic mass is 35.5. The van der Waals surface area contributed by atoms with Crippen LogP contribution in [-0.2, 0) is 0 Å². The quantitative estimate of drug-likeness (QED) is 0.700. The van der Waals surface area contributed by atoms with Gasteiger partial charge in [0.15, 0.2) is 13.9 Å². The second-order valence-corrected chi connectivity index (χ2v) is 9.38. The third-order valence-corrected chi connectivity index (χ3v) is 4.06. The highest BCUT2D eigenvalue weighted by molar-refractivity contribution is 6.75. The van der Waals surface area contributed by atoms with Gasteiger partial charge in [0, 0.05) is 0 Å². The zero-order chi connectivity index (χ0) is 10.3. The number of hydrogen-bond donors (Lipinski definition) is 0. The lowest BCUT2D eigenvalue weighted by atomic mass is 10.5. The van der Waals surface area contributed by atoms with Gasteiger partial charge < -0.3 is 4.23 Å². The summed E-state index contributed by atoms with van der Waals surface area (Å²) in [5.41, 5.74) is 1.53. The average molecular weight is 227 g/mol. The van der Waals surface area contributed by atoms with Crippen LogP contribution in [0.1, 0.15) is 0 Å². The Morgan fingerprint density at radius 2 is 2.07 bits per heavy atom. The van der Waals surface area contributed by atoms with Gasteiger partial charge >= 0.3 is 0 Å². The number of rotatable bonds is 1. The van der Waals surface area contributed by atoms with Gasteiger partial charge in [0.1, 0.15) is 5.52 Å². The smallest absolute Gasteiger partial charge is 0.175 e. The molecule has 0 aromatic carbocycles. The van der Waals surface area contributed by atoms with Crippen molar-refractivity contribution in [3.63, 3.8) is 0 Å². The molecule has 0 saturated heterocycles. The first-order valence-corrected chi connectivity index (χ1v) is 8.17. The van der Waals surface area contributed by atoms with Crippen molar-refractivity contribution >= 4 is 31.0 Å². The molecule has 0 fully saturated rings. The SMILES string of the molecule is C[Si](C)(C)n1cnc2c(Cl)cnnc21. The molecule has 0 radical (unpaired) electrons. The van der Waals surface area contributed by atoms with Gasteiger partial charge in [-0.25, -0.2) is 4.98 Å². The Labute approximate surface area is 88.0 Å². The lowest BCUT2D eigenvalue weighted by Gasteiger charge is -2.17. The Kier molecular flexibility index (Phi) is 2.08. The normalized spacial score (nSPS) is 12.3. The molecule has 0 aliphatic rings. The molecule has 0 unspecified atom stereocenters. The topological polar surface area (TPSA) is 43.6 Å². The van der Waals surface area contributed by atoms with Crippen molar-refractivity contribution in [1.82, 2.24) is 19.4 Å². The average Bonchev–Trinajstić information content (AvgIpc) is 2.47. The van der Waals surface area contributed by atoms with E-state index in [0.717, 1.165) is 11.2 Å². The lowest BCUT2D eigenvalue weighted by Crippen LogP contribution is -2.31. The summed E-state index contributed by atoms with van der Waals surface area (Å²) in [6.45, 7) is 6.66. The van der Waals surface area contributed by atoms with Crippen molar-refractivity contribution in [2.75, 3.05) is 0 Å². The van der Waals surface area contributed by atoms with Crippen molar-refractivity contribution in [3.05, 3.63) is 17.5 Å². The minimum atomic E-state index is -1.48. The third-order valence-electron chi connectivity index (χ3n) is 2.01. The lowest BCUT2D eigenvalue weighted by molar-refractivity contribution is 1.03. The van der Waals surface area contributed by atoms with Crippen LogP contribution in [0.2, 0.25) is 24.7 Å². The van der Waals surface area contributed by atoms with Crippen molar-refractivity contribution < 1.29 is 0 Å². The van der Waals surface area contributed by atoms with Crippen LogP contribution in [0, 0.1) is 0 Å². The summed E-state index contributed by atoms with van der Waals surface area (Å²) < 4.78 is 2.10. The second kappa shape index (κ2) is 3.03. The molecule has 0 saturated carbocycles. The summed E-state index contributed by atoms with van der Waals surface area (Å²) in [5.74, 6) is 0. The molecule has 0 N–H and O–H groups in total. The molecular formula is C8H11ClN4Si. The monoisotopic (exact) mass is 226 g/mol. The Hall–Kier alpha value is -0.943. The molecule has 2 aromatic heterocycles. The van der Waals surface area contributed by atoms with E-state index < -0.39 is 8.24 Å². The van der Waals surface area contributed by atoms with Gasteiger partial charge in [-0.3, -0.25) is 0 Å². The molecule has 4 nitrogen and oxygen atoms in total. The van der Waals surface area contributed by atoms with Crippen LogP contribution >= 0.6 is 11.6 Å². The van der Waals surface area contributed by atoms with Crippen molar-refractivity contribution in [2.24, 2.45) is 0 Å². The fourth-order valence-corrected chi connectivity index (χ4v) is 2.66. The maximum atomic E-state index is 5.96. The van der Waals surface area contributed by atoms with E-state index >= 15 is 0 Å². The molecule has 2 heterocycles. The maximum Gasteiger partial charge on any atom is 0.175 e. The molecule has 2 rings (SSSR count). The summed E-state index contributed by atoms with van der Waals surface area (Å²) >= 11 is 5.96. The first-order valence-electron chi connectivity index (χ1n) is 4.35. The van der Waals surface area contributed by atoms with Gasteiger partial charge in [-0.05, 0) is 0 Å². The van der Waals surface area contributed by atoms with E-state index in [-0.39, 0.29) is 0 Å². The Morgan fingerprint density at radius 1 is 1.36 bits per heavy atom. The number of fused-ring (bicyclic) bond motifs is 1. The maximum absolute atomic E-state index is 5.96. The van der Waals surface area contributed by atoms with Crippen LogP contribution in [0.25, 0.3) is 11.2 Å². The number of imidazole rings is 1. The summed E-state index contributed by atoms with van der Waals surface area (Å²) in [7, 11) is -1.48. The molecule has 0 amide bonds. The van der Waals surface area contributed by atoms with Crippen LogP contribution in [0.4, 0.5) is 0 Å². The summed E-state index contributed by atoms with van der Waals surface area (Å²) in [5, 5.41) is 8.47. The number of aromatic nitrogens is 4. The van der Waals surface area contributed by atoms with Crippen molar-refractivity contribution in [1.29, 1.82) is 0 Å². The zero-order valence-electron chi connectivity index (χ0n) is 8.32. The van der Waals surface area contributed by atoms with Crippen molar-refractivity contribution in [3.8, 4) is 0 Å². The highest BCUT2D eigenvalue weighted by Gasteiger charge is 2.20. The third kappa shape index (κ3) is 1.42. The predicted octanol–water partition coefficient (Wildman–Crippen LogP) is 2.16. The molecule has 74 valence electrons. The van der Waals surface area contributed by atoms with Crippen molar-refractivity contribution in [2.45, 2.75) is 19.6 Å². The van der Waals surface area contributed by atoms with Crippen LogP contribution in [0.5, 0.6) is 0 Å². The van der Waals surface area contributed by atoms with Gasteiger partial charge in [0.2, 0.25) is 0 Å². The molecule has 0 spiro atoms. The standard InChI is InChI=1S/C8H11ClN4Si/c1-14(2,3)13-5-10-7-6(9)4-11-12-8(7)13/h4-5H,1-3H3. The van der Waals surface area contributed by atoms with E-state index in [1.807, 2.05) is 0 Å². The van der Waals surface area contributed by atoms with Crippen LogP contribution in [-0.4, -0.2) is 27.6 Å².